The number of aromatic hydroxyl groups is 1. The molecule has 1 N–H and O–H groups in total. The maximum absolute atomic E-state index is 11.8. The van der Waals surface area contributed by atoms with E-state index < -0.39 is 0 Å². The Labute approximate surface area is 403 Å². The second-order valence-electron chi connectivity index (χ2n) is 19.8. The van der Waals surface area contributed by atoms with E-state index in [-0.39, 0.29) is 37.6 Å². The molecule has 0 aliphatic heterocycles. The summed E-state index contributed by atoms with van der Waals surface area (Å²) < 4.78 is 2.23. The van der Waals surface area contributed by atoms with E-state index in [1.165, 1.54) is 44.2 Å². The third kappa shape index (κ3) is 7.96. The predicted molar refractivity (Wildman–Crippen MR) is 273 cm³/mol. The van der Waals surface area contributed by atoms with Crippen LogP contribution in [0.5, 0.6) is 5.75 Å². The third-order valence-corrected chi connectivity index (χ3v) is 13.0. The fourth-order valence-corrected chi connectivity index (χ4v) is 9.75. The molecular weight excluding hydrogens is 986 g/mol. The first-order valence-corrected chi connectivity index (χ1v) is 22.6. The van der Waals surface area contributed by atoms with Gasteiger partial charge in [0.1, 0.15) is 11.6 Å². The summed E-state index contributed by atoms with van der Waals surface area (Å²) in [6.45, 7) is 19.9. The molecule has 2 aromatic heterocycles. The molecule has 0 atom stereocenters. The van der Waals surface area contributed by atoms with Crippen molar-refractivity contribution in [1.29, 1.82) is 0 Å². The molecule has 5 heteroatoms. The van der Waals surface area contributed by atoms with Crippen molar-refractivity contribution < 1.29 is 26.2 Å². The Kier molecular flexibility index (Phi) is 11.5. The van der Waals surface area contributed by atoms with Gasteiger partial charge in [0.05, 0.1) is 16.6 Å². The van der Waals surface area contributed by atoms with Crippen LogP contribution in [0, 0.1) is 26.8 Å². The van der Waals surface area contributed by atoms with Gasteiger partial charge in [0.25, 0.3) is 0 Å². The van der Waals surface area contributed by atoms with Crippen molar-refractivity contribution in [3.63, 3.8) is 0 Å². The Morgan fingerprint density at radius 3 is 1.88 bits per heavy atom. The maximum atomic E-state index is 11.8. The molecule has 330 valence electrons. The van der Waals surface area contributed by atoms with Crippen LogP contribution in [-0.4, -0.2) is 19.6 Å². The number of rotatable bonds is 6. The summed E-state index contributed by atoms with van der Waals surface area (Å²) in [5, 5.41) is 15.2. The van der Waals surface area contributed by atoms with Gasteiger partial charge in [0, 0.05) is 43.9 Å². The maximum Gasteiger partial charge on any atom is 0.148 e. The molecule has 0 spiro atoms. The Bertz CT molecular complexity index is 3460. The molecule has 0 bridgehead atoms. The van der Waals surface area contributed by atoms with Gasteiger partial charge >= 0.3 is 0 Å². The van der Waals surface area contributed by atoms with Gasteiger partial charge in [0.2, 0.25) is 0 Å². The molecule has 66 heavy (non-hydrogen) atoms. The number of hydrogen-bond acceptors (Lipinski definition) is 3. The van der Waals surface area contributed by atoms with E-state index in [1.807, 2.05) is 18.3 Å². The average molecular weight is 1040 g/mol. The number of fused-ring (bicyclic) bond motifs is 3. The van der Waals surface area contributed by atoms with Gasteiger partial charge in [-0.25, -0.2) is 4.98 Å². The number of benzene rings is 8. The first kappa shape index (κ1) is 44.6. The zero-order chi connectivity index (χ0) is 45.4. The Hall–Kier alpha value is -6.61. The van der Waals surface area contributed by atoms with E-state index in [0.717, 1.165) is 66.6 Å². The number of hydrogen-bond donors (Lipinski definition) is 1. The predicted octanol–water partition coefficient (Wildman–Crippen LogP) is 16.1. The summed E-state index contributed by atoms with van der Waals surface area (Å²) in [7, 11) is 0. The van der Waals surface area contributed by atoms with Crippen molar-refractivity contribution in [2.24, 2.45) is 0 Å². The molecule has 0 aliphatic carbocycles. The number of phenolic OH excluding ortho intramolecular Hbond substituents is 1. The van der Waals surface area contributed by atoms with Crippen LogP contribution in [-0.2, 0) is 31.9 Å². The number of pyridine rings is 1. The summed E-state index contributed by atoms with van der Waals surface area (Å²) in [4.78, 5) is 10.6. The van der Waals surface area contributed by atoms with Crippen molar-refractivity contribution in [1.82, 2.24) is 14.5 Å². The van der Waals surface area contributed by atoms with E-state index in [4.69, 9.17) is 9.97 Å². The van der Waals surface area contributed by atoms with Crippen molar-refractivity contribution in [3.8, 4) is 67.3 Å². The molecule has 0 fully saturated rings. The number of aryl methyl sites for hydroxylation is 3. The molecule has 0 radical (unpaired) electrons. The normalized spacial score (nSPS) is 12.0. The summed E-state index contributed by atoms with van der Waals surface area (Å²) in [5.74, 6) is 0.858. The van der Waals surface area contributed by atoms with Gasteiger partial charge in [-0.2, -0.15) is 0 Å². The second-order valence-corrected chi connectivity index (χ2v) is 19.8. The molecule has 4 nitrogen and oxygen atoms in total. The number of para-hydroxylation sites is 1. The molecule has 0 saturated heterocycles. The fourth-order valence-electron chi connectivity index (χ4n) is 9.75. The van der Waals surface area contributed by atoms with Crippen molar-refractivity contribution >= 4 is 32.7 Å². The number of phenols is 1. The van der Waals surface area contributed by atoms with Gasteiger partial charge in [-0.3, -0.25) is 9.55 Å². The van der Waals surface area contributed by atoms with Crippen LogP contribution >= 0.6 is 0 Å². The topological polar surface area (TPSA) is 50.9 Å². The minimum absolute atomic E-state index is 0. The number of imidazole rings is 1. The fraction of sp³-hybridized carbons (Fsp3) is 0.180. The zero-order valence-corrected chi connectivity index (χ0v) is 41.4. The minimum Gasteiger partial charge on any atom is -0.507 e. The smallest absolute Gasteiger partial charge is 0.148 e. The van der Waals surface area contributed by atoms with Crippen LogP contribution in [0.4, 0.5) is 0 Å². The van der Waals surface area contributed by atoms with Crippen molar-refractivity contribution in [2.75, 3.05) is 0 Å². The SMILES string of the molecule is Cc1cc(C)c(-c2ccnc3c(-c4[c-]c(-c5cc(-c6cccc7ccccc67)cc6c5nc(-c5cc(C(C)(C)C)ccc5O)n6-c5ccc(C(C)(C)C)cc5)ccc4)cccc23)c(C)c1.[Pt]. The van der Waals surface area contributed by atoms with Gasteiger partial charge in [-0.05, 0) is 123 Å². The molecular formula is C61H54N3OPt-. The summed E-state index contributed by atoms with van der Waals surface area (Å²) in [6.07, 6.45) is 1.94. The number of nitrogens with zero attached hydrogens (tertiary/aromatic N) is 3. The first-order valence-electron chi connectivity index (χ1n) is 22.6. The monoisotopic (exact) mass is 1040 g/mol. The molecule has 8 aromatic carbocycles. The molecule has 0 unspecified atom stereocenters. The molecule has 10 aromatic rings. The molecule has 2 heterocycles. The Morgan fingerprint density at radius 2 is 1.15 bits per heavy atom. The van der Waals surface area contributed by atoms with E-state index in [2.05, 4.69) is 212 Å². The van der Waals surface area contributed by atoms with E-state index in [1.54, 1.807) is 0 Å². The molecule has 0 saturated carbocycles. The van der Waals surface area contributed by atoms with Gasteiger partial charge in [-0.1, -0.05) is 155 Å². The van der Waals surface area contributed by atoms with Crippen LogP contribution < -0.4 is 0 Å². The Morgan fingerprint density at radius 1 is 0.530 bits per heavy atom. The Balaban J connectivity index is 0.00000548. The molecule has 0 amide bonds. The van der Waals surface area contributed by atoms with Crippen LogP contribution in [0.2, 0.25) is 0 Å². The summed E-state index contributed by atoms with van der Waals surface area (Å²) in [5.41, 5.74) is 18.8. The van der Waals surface area contributed by atoms with Gasteiger partial charge < -0.3 is 5.11 Å². The minimum atomic E-state index is -0.148. The zero-order valence-electron chi connectivity index (χ0n) is 39.1. The van der Waals surface area contributed by atoms with Crippen LogP contribution in [0.1, 0.15) is 69.4 Å². The number of aromatic nitrogens is 3. The average Bonchev–Trinajstić information content (AvgIpc) is 3.67. The first-order chi connectivity index (χ1) is 31.1. The molecule has 10 rings (SSSR count). The third-order valence-electron chi connectivity index (χ3n) is 13.0. The van der Waals surface area contributed by atoms with Crippen LogP contribution in [0.3, 0.4) is 0 Å². The van der Waals surface area contributed by atoms with E-state index >= 15 is 0 Å². The summed E-state index contributed by atoms with van der Waals surface area (Å²) in [6, 6.07) is 57.8. The largest absolute Gasteiger partial charge is 0.507 e. The second kappa shape index (κ2) is 17.0. The van der Waals surface area contributed by atoms with Crippen molar-refractivity contribution in [3.05, 3.63) is 192 Å². The summed E-state index contributed by atoms with van der Waals surface area (Å²) >= 11 is 0. The van der Waals surface area contributed by atoms with Gasteiger partial charge in [-0.15, -0.1) is 35.4 Å². The van der Waals surface area contributed by atoms with Crippen LogP contribution in [0.15, 0.2) is 158 Å². The standard InChI is InChI=1S/C61H54N3O.Pt/c1-37-31-38(2)56(39(3)32-37)50-29-30-62-57-49(21-14-22-51(50)57)41-17-12-18-42(33-41)52-34-43(48-20-13-16-40-15-10-11-19-47(40)48)35-54-58(52)63-59(53-36-45(61(7,8)9)25-28-55(53)65)64(54)46-26-23-44(24-27-46)60(4,5)6;/h10-32,34-36,65H,1-9H3;/q-1;. The van der Waals surface area contributed by atoms with E-state index in [0.29, 0.717) is 11.4 Å². The van der Waals surface area contributed by atoms with Crippen LogP contribution in [0.25, 0.3) is 94.3 Å². The van der Waals surface area contributed by atoms with E-state index in [9.17, 15) is 5.11 Å². The van der Waals surface area contributed by atoms with Gasteiger partial charge in [0.15, 0.2) is 0 Å². The molecule has 0 aliphatic rings. The quantitative estimate of drug-likeness (QED) is 0.169. The van der Waals surface area contributed by atoms with Crippen molar-refractivity contribution in [2.45, 2.75) is 73.1 Å².